The van der Waals surface area contributed by atoms with Gasteiger partial charge in [-0.25, -0.2) is 31.9 Å². The van der Waals surface area contributed by atoms with Gasteiger partial charge in [-0.1, -0.05) is 5.21 Å². The van der Waals surface area contributed by atoms with Gasteiger partial charge in [0.05, 0.1) is 44.0 Å². The highest BCUT2D eigenvalue weighted by Crippen LogP contribution is 2.12. The van der Waals surface area contributed by atoms with Crippen molar-refractivity contribution in [2.24, 2.45) is 0 Å². The van der Waals surface area contributed by atoms with Crippen molar-refractivity contribution < 1.29 is 18.0 Å². The molecule has 1 aliphatic heterocycles. The number of carbonyl (C=O) groups excluding carboxylic acids is 2. The van der Waals surface area contributed by atoms with Gasteiger partial charge in [0.15, 0.2) is 0 Å². The van der Waals surface area contributed by atoms with Gasteiger partial charge < -0.3 is 5.32 Å². The molecule has 0 radical (unpaired) electrons. The first-order valence-corrected chi connectivity index (χ1v) is 9.10. The summed E-state index contributed by atoms with van der Waals surface area (Å²) in [5.74, 6) is 0. The maximum Gasteiger partial charge on any atom is 0.341 e. The van der Waals surface area contributed by atoms with Crippen molar-refractivity contribution in [3.63, 3.8) is 0 Å². The van der Waals surface area contributed by atoms with Gasteiger partial charge in [0.2, 0.25) is 10.0 Å². The van der Waals surface area contributed by atoms with Crippen LogP contribution in [0.4, 0.5) is 9.59 Å². The van der Waals surface area contributed by atoms with E-state index in [0.717, 1.165) is 11.2 Å². The summed E-state index contributed by atoms with van der Waals surface area (Å²) in [7, 11) is -3.68. The van der Waals surface area contributed by atoms with Crippen LogP contribution in [0.2, 0.25) is 0 Å². The largest absolute Gasteiger partial charge is 0.341 e. The van der Waals surface area contributed by atoms with Crippen molar-refractivity contribution in [1.82, 2.24) is 34.5 Å². The van der Waals surface area contributed by atoms with Crippen molar-refractivity contribution in [3.05, 3.63) is 36.4 Å². The van der Waals surface area contributed by atoms with Gasteiger partial charge in [0.1, 0.15) is 5.69 Å². The Labute approximate surface area is 143 Å². The molecule has 12 heteroatoms. The minimum absolute atomic E-state index is 0.000111. The molecule has 1 N–H and O–H groups in total. The number of sulfonamides is 1. The second-order valence-electron chi connectivity index (χ2n) is 5.29. The molecule has 1 fully saturated rings. The zero-order chi connectivity index (χ0) is 18.0. The van der Waals surface area contributed by atoms with Crippen LogP contribution in [0.25, 0.3) is 5.69 Å². The summed E-state index contributed by atoms with van der Waals surface area (Å²) in [6.07, 6.45) is 5.78. The number of nitrogens with one attached hydrogen (secondary N) is 1. The normalized spacial score (nSPS) is 14.8. The Hall–Kier alpha value is -3.02. The Morgan fingerprint density at radius 3 is 2.80 bits per heavy atom. The molecule has 11 nitrogen and oxygen atoms in total. The molecule has 1 aliphatic rings. The van der Waals surface area contributed by atoms with Gasteiger partial charge in [-0.05, 0) is 12.1 Å². The van der Waals surface area contributed by atoms with E-state index in [-0.39, 0.29) is 19.6 Å². The molecule has 3 rings (SSSR count). The number of pyridine rings is 1. The second-order valence-corrected chi connectivity index (χ2v) is 7.20. The molecule has 1 saturated heterocycles. The van der Waals surface area contributed by atoms with Crippen molar-refractivity contribution >= 4 is 22.1 Å². The van der Waals surface area contributed by atoms with Crippen LogP contribution in [0.3, 0.4) is 0 Å². The van der Waals surface area contributed by atoms with Gasteiger partial charge in [-0.15, -0.1) is 5.10 Å². The number of carbonyl (C=O) groups is 2. The first-order valence-electron chi connectivity index (χ1n) is 7.25. The van der Waals surface area contributed by atoms with Crippen LogP contribution in [-0.4, -0.2) is 69.0 Å². The van der Waals surface area contributed by atoms with E-state index in [1.54, 1.807) is 30.7 Å². The number of hydrogen-bond acceptors (Lipinski definition) is 7. The second kappa shape index (κ2) is 6.47. The molecular weight excluding hydrogens is 350 g/mol. The Morgan fingerprint density at radius 2 is 2.16 bits per heavy atom. The summed E-state index contributed by atoms with van der Waals surface area (Å²) in [5.41, 5.74) is 1.19. The van der Waals surface area contributed by atoms with E-state index < -0.39 is 22.1 Å². The standard InChI is InChI=1S/C13H15N7O4S/c1-25(23,24)20-6-5-18(13(20)22)12(21)15-7-10-9-19(17-16-10)11-3-2-4-14-8-11/h2-4,8-9H,5-7H2,1H3,(H,15,21). The maximum absolute atomic E-state index is 12.1. The summed E-state index contributed by atoms with van der Waals surface area (Å²) in [4.78, 5) is 28.9. The fourth-order valence-electron chi connectivity index (χ4n) is 2.27. The van der Waals surface area contributed by atoms with E-state index in [0.29, 0.717) is 15.7 Å². The third-order valence-electron chi connectivity index (χ3n) is 3.49. The average Bonchev–Trinajstić information content (AvgIpc) is 3.19. The van der Waals surface area contributed by atoms with E-state index in [1.165, 1.54) is 4.68 Å². The monoisotopic (exact) mass is 365 g/mol. The average molecular weight is 365 g/mol. The third kappa shape index (κ3) is 3.57. The number of amides is 4. The third-order valence-corrected chi connectivity index (χ3v) is 4.63. The molecule has 0 bridgehead atoms. The molecule has 2 aromatic heterocycles. The fourth-order valence-corrected chi connectivity index (χ4v) is 3.06. The summed E-state index contributed by atoms with van der Waals surface area (Å²) in [6.45, 7) is -0.00978. The number of rotatable bonds is 4. The number of urea groups is 2. The van der Waals surface area contributed by atoms with Crippen molar-refractivity contribution in [1.29, 1.82) is 0 Å². The zero-order valence-electron chi connectivity index (χ0n) is 13.2. The van der Waals surface area contributed by atoms with E-state index in [9.17, 15) is 18.0 Å². The Balaban J connectivity index is 1.60. The molecule has 0 spiro atoms. The van der Waals surface area contributed by atoms with Crippen LogP contribution in [0.15, 0.2) is 30.7 Å². The predicted molar refractivity (Wildman–Crippen MR) is 85.0 cm³/mol. The lowest BCUT2D eigenvalue weighted by atomic mass is 10.4. The highest BCUT2D eigenvalue weighted by Gasteiger charge is 2.38. The molecule has 25 heavy (non-hydrogen) atoms. The van der Waals surface area contributed by atoms with Crippen LogP contribution in [0, 0.1) is 0 Å². The van der Waals surface area contributed by atoms with Crippen LogP contribution in [0.1, 0.15) is 5.69 Å². The highest BCUT2D eigenvalue weighted by molar-refractivity contribution is 7.88. The molecule has 2 aromatic rings. The van der Waals surface area contributed by atoms with Crippen LogP contribution in [-0.2, 0) is 16.6 Å². The number of aromatic nitrogens is 4. The van der Waals surface area contributed by atoms with Gasteiger partial charge >= 0.3 is 12.1 Å². The van der Waals surface area contributed by atoms with Gasteiger partial charge in [-0.3, -0.25) is 4.98 Å². The SMILES string of the molecule is CS(=O)(=O)N1CCN(C(=O)NCc2cn(-c3cccnc3)nn2)C1=O. The van der Waals surface area contributed by atoms with Crippen molar-refractivity contribution in [3.8, 4) is 5.69 Å². The smallest absolute Gasteiger partial charge is 0.332 e. The minimum atomic E-state index is -3.68. The number of nitrogens with zero attached hydrogens (tertiary/aromatic N) is 6. The van der Waals surface area contributed by atoms with Gasteiger partial charge in [0, 0.05) is 6.20 Å². The molecule has 0 atom stereocenters. The lowest BCUT2D eigenvalue weighted by molar-refractivity contribution is 0.193. The lowest BCUT2D eigenvalue weighted by Crippen LogP contribution is -2.43. The van der Waals surface area contributed by atoms with E-state index in [4.69, 9.17) is 0 Å². The number of imide groups is 1. The van der Waals surface area contributed by atoms with Crippen LogP contribution < -0.4 is 5.32 Å². The maximum atomic E-state index is 12.1. The molecule has 3 heterocycles. The Morgan fingerprint density at radius 1 is 1.36 bits per heavy atom. The molecule has 0 saturated carbocycles. The molecule has 0 aliphatic carbocycles. The molecule has 132 valence electrons. The van der Waals surface area contributed by atoms with E-state index in [2.05, 4.69) is 20.6 Å². The van der Waals surface area contributed by atoms with Crippen LogP contribution in [0.5, 0.6) is 0 Å². The molecule has 4 amide bonds. The predicted octanol–water partition coefficient (Wildman–Crippen LogP) is -0.431. The van der Waals surface area contributed by atoms with E-state index >= 15 is 0 Å². The summed E-state index contributed by atoms with van der Waals surface area (Å²) in [6, 6.07) is 2.00. The van der Waals surface area contributed by atoms with Crippen LogP contribution >= 0.6 is 0 Å². The Kier molecular flexibility index (Phi) is 4.35. The molecule has 0 unspecified atom stereocenters. The van der Waals surface area contributed by atoms with Gasteiger partial charge in [-0.2, -0.15) is 0 Å². The highest BCUT2D eigenvalue weighted by atomic mass is 32.2. The zero-order valence-corrected chi connectivity index (χ0v) is 14.0. The van der Waals surface area contributed by atoms with Crippen molar-refractivity contribution in [2.45, 2.75) is 6.54 Å². The summed E-state index contributed by atoms with van der Waals surface area (Å²) < 4.78 is 25.1. The van der Waals surface area contributed by atoms with Crippen molar-refractivity contribution in [2.75, 3.05) is 19.3 Å². The topological polar surface area (TPSA) is 130 Å². The Bertz CT molecular complexity index is 896. The quantitative estimate of drug-likeness (QED) is 0.778. The fraction of sp³-hybridized carbons (Fsp3) is 0.308. The first kappa shape index (κ1) is 16.8. The van der Waals surface area contributed by atoms with E-state index in [1.807, 2.05) is 0 Å². The summed E-state index contributed by atoms with van der Waals surface area (Å²) in [5, 5.41) is 10.4. The minimum Gasteiger partial charge on any atom is -0.332 e. The lowest BCUT2D eigenvalue weighted by Gasteiger charge is -2.15. The first-order chi connectivity index (χ1) is 11.9. The number of hydrogen-bond donors (Lipinski definition) is 1. The van der Waals surface area contributed by atoms with Gasteiger partial charge in [0.25, 0.3) is 0 Å². The summed E-state index contributed by atoms with van der Waals surface area (Å²) >= 11 is 0. The molecular formula is C13H15N7O4S. The molecule has 0 aromatic carbocycles.